The number of hydrogen-bond donors (Lipinski definition) is 0. The maximum Gasteiger partial charge on any atom is 0.145 e. The van der Waals surface area contributed by atoms with Gasteiger partial charge in [-0.2, -0.15) is 0 Å². The molecular weight excluding hydrogens is 777 g/mol. The molecule has 0 radical (unpaired) electrons. The van der Waals surface area contributed by atoms with Crippen LogP contribution in [0.3, 0.4) is 0 Å². The third-order valence-electron chi connectivity index (χ3n) is 13.4. The zero-order valence-electron chi connectivity index (χ0n) is 34.9. The van der Waals surface area contributed by atoms with Gasteiger partial charge in [-0.1, -0.05) is 194 Å². The Kier molecular flexibility index (Phi) is 8.13. The summed E-state index contributed by atoms with van der Waals surface area (Å²) >= 11 is 0. The number of hydrogen-bond acceptors (Lipinski definition) is 2. The van der Waals surface area contributed by atoms with Crippen LogP contribution in [0.1, 0.15) is 22.3 Å². The van der Waals surface area contributed by atoms with Gasteiger partial charge in [0.1, 0.15) is 11.2 Å². The summed E-state index contributed by atoms with van der Waals surface area (Å²) in [5, 5.41) is 4.55. The van der Waals surface area contributed by atoms with Crippen molar-refractivity contribution in [1.82, 2.24) is 4.57 Å². The molecule has 1 aliphatic rings. The lowest BCUT2D eigenvalue weighted by molar-refractivity contribution is 0.669. The van der Waals surface area contributed by atoms with Crippen LogP contribution in [0.2, 0.25) is 0 Å². The third-order valence-corrected chi connectivity index (χ3v) is 13.4. The highest BCUT2D eigenvalue weighted by Crippen LogP contribution is 2.61. The second-order valence-corrected chi connectivity index (χ2v) is 16.8. The van der Waals surface area contributed by atoms with Crippen LogP contribution < -0.4 is 4.90 Å². The molecule has 2 aromatic heterocycles. The Morgan fingerprint density at radius 1 is 0.422 bits per heavy atom. The van der Waals surface area contributed by atoms with Gasteiger partial charge >= 0.3 is 0 Å². The fourth-order valence-electron chi connectivity index (χ4n) is 10.8. The first kappa shape index (κ1) is 36.3. The highest BCUT2D eigenvalue weighted by atomic mass is 16.3. The van der Waals surface area contributed by atoms with E-state index < -0.39 is 5.41 Å². The quantitative estimate of drug-likeness (QED) is 0.160. The van der Waals surface area contributed by atoms with Crippen LogP contribution in [0.25, 0.3) is 71.7 Å². The molecular formula is C61H40N2O. The van der Waals surface area contributed by atoms with Crippen LogP contribution in [-0.4, -0.2) is 4.57 Å². The van der Waals surface area contributed by atoms with E-state index in [4.69, 9.17) is 4.42 Å². The third kappa shape index (κ3) is 5.22. The summed E-state index contributed by atoms with van der Waals surface area (Å²) in [5.74, 6) is 0. The van der Waals surface area contributed by atoms with Crippen LogP contribution in [0.4, 0.5) is 17.1 Å². The average molecular weight is 817 g/mol. The summed E-state index contributed by atoms with van der Waals surface area (Å²) in [4.78, 5) is 2.50. The van der Waals surface area contributed by atoms with Crippen molar-refractivity contribution < 1.29 is 4.42 Å². The first-order chi connectivity index (χ1) is 31.8. The Bertz CT molecular complexity index is 3660. The van der Waals surface area contributed by atoms with E-state index in [-0.39, 0.29) is 0 Å². The standard InChI is InChI=1S/C61H40N2O/c1-5-20-41(21-6-1)42-36-38-46(39-37-42)62(54-34-19-31-48-47-28-14-17-33-53(47)63(59(48)54)45-26-11-4-12-27-45)55-40-52-57(60-58(55)50-30-15-18-35-56(50)64-60)49-29-13-16-32-51(49)61(52,43-22-7-2-8-23-43)44-24-9-3-10-25-44/h1-40H. The highest BCUT2D eigenvalue weighted by Gasteiger charge is 2.48. The van der Waals surface area contributed by atoms with E-state index in [0.717, 1.165) is 66.8 Å². The van der Waals surface area contributed by atoms with E-state index in [2.05, 4.69) is 252 Å². The zero-order valence-corrected chi connectivity index (χ0v) is 34.9. The van der Waals surface area contributed by atoms with Crippen LogP contribution in [0.5, 0.6) is 0 Å². The van der Waals surface area contributed by atoms with Gasteiger partial charge in [0, 0.05) is 33.1 Å². The van der Waals surface area contributed by atoms with Crippen molar-refractivity contribution in [3.63, 3.8) is 0 Å². The molecule has 10 aromatic carbocycles. The van der Waals surface area contributed by atoms with Crippen LogP contribution in [0, 0.1) is 0 Å². The molecule has 300 valence electrons. The summed E-state index contributed by atoms with van der Waals surface area (Å²) in [5.41, 5.74) is 17.2. The normalized spacial score (nSPS) is 12.8. The summed E-state index contributed by atoms with van der Waals surface area (Å²) in [6, 6.07) is 88.2. The van der Waals surface area contributed by atoms with Gasteiger partial charge in [-0.05, 0) is 87.5 Å². The Hall–Kier alpha value is -8.40. The second kappa shape index (κ2) is 14.3. The van der Waals surface area contributed by atoms with Gasteiger partial charge in [0.05, 0.1) is 33.2 Å². The van der Waals surface area contributed by atoms with E-state index in [0.29, 0.717) is 0 Å². The molecule has 13 rings (SSSR count). The Labute approximate surface area is 371 Å². The molecule has 0 unspecified atom stereocenters. The maximum atomic E-state index is 7.25. The molecule has 0 atom stereocenters. The minimum Gasteiger partial charge on any atom is -0.455 e. The molecule has 0 aliphatic heterocycles. The van der Waals surface area contributed by atoms with Gasteiger partial charge in [0.2, 0.25) is 0 Å². The van der Waals surface area contributed by atoms with E-state index in [1.165, 1.54) is 44.2 Å². The van der Waals surface area contributed by atoms with Gasteiger partial charge in [-0.15, -0.1) is 0 Å². The molecule has 3 heteroatoms. The lowest BCUT2D eigenvalue weighted by Gasteiger charge is -2.35. The summed E-state index contributed by atoms with van der Waals surface area (Å²) < 4.78 is 9.70. The van der Waals surface area contributed by atoms with Crippen molar-refractivity contribution >= 4 is 60.8 Å². The minimum absolute atomic E-state index is 0.649. The van der Waals surface area contributed by atoms with Crippen molar-refractivity contribution in [1.29, 1.82) is 0 Å². The number of rotatable bonds is 7. The molecule has 0 bridgehead atoms. The predicted molar refractivity (Wildman–Crippen MR) is 265 cm³/mol. The van der Waals surface area contributed by atoms with Crippen molar-refractivity contribution in [2.24, 2.45) is 0 Å². The number of para-hydroxylation sites is 4. The largest absolute Gasteiger partial charge is 0.455 e. The average Bonchev–Trinajstić information content (AvgIpc) is 4.03. The topological polar surface area (TPSA) is 21.3 Å². The number of aromatic nitrogens is 1. The van der Waals surface area contributed by atoms with Crippen molar-refractivity contribution in [3.8, 4) is 27.9 Å². The Balaban J connectivity index is 1.21. The molecule has 64 heavy (non-hydrogen) atoms. The highest BCUT2D eigenvalue weighted by molar-refractivity contribution is 6.21. The predicted octanol–water partition coefficient (Wildman–Crippen LogP) is 16.2. The first-order valence-electron chi connectivity index (χ1n) is 22.0. The number of nitrogens with zero attached hydrogens (tertiary/aromatic N) is 2. The number of furan rings is 1. The van der Waals surface area contributed by atoms with E-state index in [9.17, 15) is 0 Å². The molecule has 2 heterocycles. The van der Waals surface area contributed by atoms with Gasteiger partial charge in [-0.25, -0.2) is 0 Å². The summed E-state index contributed by atoms with van der Waals surface area (Å²) in [7, 11) is 0. The minimum atomic E-state index is -0.649. The van der Waals surface area contributed by atoms with Crippen LogP contribution in [-0.2, 0) is 5.41 Å². The maximum absolute atomic E-state index is 7.25. The lowest BCUT2D eigenvalue weighted by Crippen LogP contribution is -2.28. The molecule has 12 aromatic rings. The molecule has 0 saturated heterocycles. The smallest absolute Gasteiger partial charge is 0.145 e. The van der Waals surface area contributed by atoms with E-state index in [1.807, 2.05) is 0 Å². The number of benzene rings is 10. The molecule has 0 saturated carbocycles. The zero-order chi connectivity index (χ0) is 42.2. The number of fused-ring (bicyclic) bond motifs is 10. The SMILES string of the molecule is c1ccc(-c2ccc(N(c3cc4c(c5oc6ccccc6c35)-c3ccccc3C4(c3ccccc3)c3ccccc3)c3cccc4c5ccccc5n(-c5ccccc5)c34)cc2)cc1. The van der Waals surface area contributed by atoms with E-state index in [1.54, 1.807) is 0 Å². The monoisotopic (exact) mass is 816 g/mol. The van der Waals surface area contributed by atoms with Gasteiger partial charge in [-0.3, -0.25) is 0 Å². The van der Waals surface area contributed by atoms with Crippen LogP contribution in [0.15, 0.2) is 247 Å². The lowest BCUT2D eigenvalue weighted by atomic mass is 9.67. The molecule has 0 N–H and O–H groups in total. The molecule has 3 nitrogen and oxygen atoms in total. The molecule has 0 spiro atoms. The van der Waals surface area contributed by atoms with Crippen molar-refractivity contribution in [3.05, 3.63) is 265 Å². The van der Waals surface area contributed by atoms with Crippen LogP contribution >= 0.6 is 0 Å². The molecule has 1 aliphatic carbocycles. The number of anilines is 3. The Morgan fingerprint density at radius 2 is 1.00 bits per heavy atom. The van der Waals surface area contributed by atoms with Crippen molar-refractivity contribution in [2.75, 3.05) is 4.90 Å². The van der Waals surface area contributed by atoms with Gasteiger partial charge < -0.3 is 13.9 Å². The molecule has 0 fully saturated rings. The van der Waals surface area contributed by atoms with Gasteiger partial charge in [0.15, 0.2) is 0 Å². The van der Waals surface area contributed by atoms with Crippen molar-refractivity contribution in [2.45, 2.75) is 5.41 Å². The second-order valence-electron chi connectivity index (χ2n) is 16.8. The fraction of sp³-hybridized carbons (Fsp3) is 0.0164. The Morgan fingerprint density at radius 3 is 1.73 bits per heavy atom. The van der Waals surface area contributed by atoms with E-state index >= 15 is 0 Å². The summed E-state index contributed by atoms with van der Waals surface area (Å²) in [6.45, 7) is 0. The molecule has 0 amide bonds. The first-order valence-corrected chi connectivity index (χ1v) is 22.0. The summed E-state index contributed by atoms with van der Waals surface area (Å²) in [6.07, 6.45) is 0. The fourth-order valence-corrected chi connectivity index (χ4v) is 10.8. The van der Waals surface area contributed by atoms with Gasteiger partial charge in [0.25, 0.3) is 0 Å².